The molecule has 26 heavy (non-hydrogen) atoms. The van der Waals surface area contributed by atoms with E-state index >= 15 is 0 Å². The molecule has 9 heteroatoms. The first-order chi connectivity index (χ1) is 12.2. The Labute approximate surface area is 163 Å². The van der Waals surface area contributed by atoms with Gasteiger partial charge < -0.3 is 9.80 Å². The van der Waals surface area contributed by atoms with Gasteiger partial charge in [0.2, 0.25) is 5.91 Å². The molecular formula is C17H20Cl2N2O4S. The molecule has 2 aliphatic rings. The van der Waals surface area contributed by atoms with E-state index in [1.54, 1.807) is 19.2 Å². The lowest BCUT2D eigenvalue weighted by atomic mass is 10.1. The molecule has 142 valence electrons. The van der Waals surface area contributed by atoms with Crippen molar-refractivity contribution in [2.24, 2.45) is 0 Å². The zero-order chi connectivity index (χ0) is 19.1. The van der Waals surface area contributed by atoms with Crippen molar-refractivity contribution in [1.82, 2.24) is 9.80 Å². The van der Waals surface area contributed by atoms with Crippen molar-refractivity contribution in [2.45, 2.75) is 31.3 Å². The highest BCUT2D eigenvalue weighted by atomic mass is 35.5. The van der Waals surface area contributed by atoms with Gasteiger partial charge in [0, 0.05) is 24.7 Å². The number of halogens is 2. The predicted molar refractivity (Wildman–Crippen MR) is 100 cm³/mol. The van der Waals surface area contributed by atoms with Gasteiger partial charge in [-0.25, -0.2) is 8.42 Å². The zero-order valence-electron chi connectivity index (χ0n) is 14.3. The Kier molecular flexibility index (Phi) is 5.51. The summed E-state index contributed by atoms with van der Waals surface area (Å²) in [6.07, 6.45) is 1.69. The number of nitrogens with zero attached hydrogens (tertiary/aromatic N) is 2. The fourth-order valence-corrected chi connectivity index (χ4v) is 5.72. The molecule has 0 saturated carbocycles. The Hall–Kier alpha value is -1.31. The minimum atomic E-state index is -3.09. The van der Waals surface area contributed by atoms with Gasteiger partial charge in [-0.15, -0.1) is 0 Å². The number of likely N-dealkylation sites (N-methyl/N-ethyl adjacent to an activating group) is 1. The molecule has 2 unspecified atom stereocenters. The number of hydrogen-bond acceptors (Lipinski definition) is 4. The van der Waals surface area contributed by atoms with Crippen LogP contribution in [0.1, 0.15) is 29.6 Å². The second kappa shape index (κ2) is 7.37. The summed E-state index contributed by atoms with van der Waals surface area (Å²) >= 11 is 12.1. The minimum absolute atomic E-state index is 0.0178. The van der Waals surface area contributed by atoms with Crippen LogP contribution in [0.4, 0.5) is 0 Å². The Morgan fingerprint density at radius 3 is 2.62 bits per heavy atom. The molecule has 0 N–H and O–H groups in total. The largest absolute Gasteiger partial charge is 0.340 e. The highest BCUT2D eigenvalue weighted by Gasteiger charge is 2.40. The number of rotatable bonds is 3. The van der Waals surface area contributed by atoms with Crippen LogP contribution in [0.25, 0.3) is 0 Å². The van der Waals surface area contributed by atoms with Gasteiger partial charge in [0.15, 0.2) is 9.84 Å². The number of amides is 2. The van der Waals surface area contributed by atoms with Crippen molar-refractivity contribution in [3.63, 3.8) is 0 Å². The molecule has 3 rings (SSSR count). The fourth-order valence-electron chi connectivity index (χ4n) is 3.58. The molecule has 2 atom stereocenters. The van der Waals surface area contributed by atoms with Crippen LogP contribution in [0, 0.1) is 0 Å². The van der Waals surface area contributed by atoms with Gasteiger partial charge in [-0.2, -0.15) is 0 Å². The van der Waals surface area contributed by atoms with Gasteiger partial charge in [-0.05, 0) is 37.5 Å². The minimum Gasteiger partial charge on any atom is -0.340 e. The summed E-state index contributed by atoms with van der Waals surface area (Å²) < 4.78 is 23.4. The topological polar surface area (TPSA) is 74.8 Å². The quantitative estimate of drug-likeness (QED) is 0.753. The molecule has 2 saturated heterocycles. The van der Waals surface area contributed by atoms with Crippen LogP contribution in [-0.4, -0.2) is 67.2 Å². The molecule has 0 radical (unpaired) electrons. The van der Waals surface area contributed by atoms with E-state index in [2.05, 4.69) is 0 Å². The Morgan fingerprint density at radius 1 is 1.23 bits per heavy atom. The van der Waals surface area contributed by atoms with Crippen molar-refractivity contribution in [2.75, 3.05) is 25.1 Å². The molecule has 0 bridgehead atoms. The van der Waals surface area contributed by atoms with Gasteiger partial charge in [0.1, 0.15) is 6.04 Å². The van der Waals surface area contributed by atoms with Crippen molar-refractivity contribution in [3.05, 3.63) is 33.8 Å². The third kappa shape index (κ3) is 3.85. The Balaban J connectivity index is 1.78. The average Bonchev–Trinajstić information content (AvgIpc) is 3.21. The van der Waals surface area contributed by atoms with Gasteiger partial charge >= 0.3 is 0 Å². The molecule has 2 heterocycles. The highest BCUT2D eigenvalue weighted by Crippen LogP contribution is 2.28. The van der Waals surface area contributed by atoms with Crippen molar-refractivity contribution < 1.29 is 18.0 Å². The van der Waals surface area contributed by atoms with Crippen molar-refractivity contribution in [3.8, 4) is 0 Å². The summed E-state index contributed by atoms with van der Waals surface area (Å²) in [4.78, 5) is 28.8. The summed E-state index contributed by atoms with van der Waals surface area (Å²) in [7, 11) is -1.48. The Morgan fingerprint density at radius 2 is 1.96 bits per heavy atom. The van der Waals surface area contributed by atoms with E-state index in [4.69, 9.17) is 23.2 Å². The van der Waals surface area contributed by atoms with Crippen LogP contribution < -0.4 is 0 Å². The number of sulfone groups is 1. The molecule has 2 amide bonds. The zero-order valence-corrected chi connectivity index (χ0v) is 16.6. The average molecular weight is 419 g/mol. The van der Waals surface area contributed by atoms with Gasteiger partial charge in [-0.3, -0.25) is 9.59 Å². The molecule has 2 aliphatic heterocycles. The van der Waals surface area contributed by atoms with Crippen LogP contribution >= 0.6 is 23.2 Å². The summed E-state index contributed by atoms with van der Waals surface area (Å²) in [5.41, 5.74) is 0.268. The molecule has 0 aliphatic carbocycles. The van der Waals surface area contributed by atoms with Crippen molar-refractivity contribution in [1.29, 1.82) is 0 Å². The van der Waals surface area contributed by atoms with E-state index < -0.39 is 15.9 Å². The van der Waals surface area contributed by atoms with E-state index in [9.17, 15) is 18.0 Å². The van der Waals surface area contributed by atoms with Crippen molar-refractivity contribution >= 4 is 44.9 Å². The highest BCUT2D eigenvalue weighted by molar-refractivity contribution is 7.91. The molecular weight excluding hydrogens is 399 g/mol. The van der Waals surface area contributed by atoms with E-state index in [-0.39, 0.29) is 39.9 Å². The van der Waals surface area contributed by atoms with E-state index in [0.29, 0.717) is 30.8 Å². The molecule has 1 aromatic rings. The van der Waals surface area contributed by atoms with Crippen LogP contribution in [0.5, 0.6) is 0 Å². The molecule has 1 aromatic carbocycles. The first-order valence-electron chi connectivity index (χ1n) is 8.43. The normalized spacial score (nSPS) is 24.7. The summed E-state index contributed by atoms with van der Waals surface area (Å²) in [5.74, 6) is -0.478. The maximum Gasteiger partial charge on any atom is 0.256 e. The SMILES string of the molecule is CN(C(=O)C1CCCN1C(=O)c1cc(Cl)ccc1Cl)C1CCS(=O)(=O)C1. The maximum absolute atomic E-state index is 12.9. The lowest BCUT2D eigenvalue weighted by molar-refractivity contribution is -0.135. The van der Waals surface area contributed by atoms with Gasteiger partial charge in [0.25, 0.3) is 5.91 Å². The first-order valence-corrected chi connectivity index (χ1v) is 11.0. The third-order valence-corrected chi connectivity index (χ3v) is 7.38. The number of carbonyl (C=O) groups excluding carboxylic acids is 2. The van der Waals surface area contributed by atoms with Crippen LogP contribution in [0.2, 0.25) is 10.0 Å². The van der Waals surface area contributed by atoms with Crippen LogP contribution in [0.15, 0.2) is 18.2 Å². The standard InChI is InChI=1S/C17H20Cl2N2O4S/c1-20(12-6-8-26(24,25)10-12)17(23)15-3-2-7-21(15)16(22)13-9-11(18)4-5-14(13)19/h4-5,9,12,15H,2-3,6-8,10H2,1H3. The lowest BCUT2D eigenvalue weighted by Gasteiger charge is -2.31. The van der Waals surface area contributed by atoms with Crippen LogP contribution in [-0.2, 0) is 14.6 Å². The number of carbonyl (C=O) groups is 2. The first kappa shape index (κ1) is 19.5. The third-order valence-electron chi connectivity index (χ3n) is 5.06. The monoisotopic (exact) mass is 418 g/mol. The molecule has 0 spiro atoms. The summed E-state index contributed by atoms with van der Waals surface area (Å²) in [6, 6.07) is 3.71. The number of hydrogen-bond donors (Lipinski definition) is 0. The molecule has 2 fully saturated rings. The molecule has 6 nitrogen and oxygen atoms in total. The van der Waals surface area contributed by atoms with Gasteiger partial charge in [-0.1, -0.05) is 23.2 Å². The summed E-state index contributed by atoms with van der Waals surface area (Å²) in [5, 5.41) is 0.681. The van der Waals surface area contributed by atoms with E-state index in [1.165, 1.54) is 15.9 Å². The van der Waals surface area contributed by atoms with E-state index in [1.807, 2.05) is 0 Å². The Bertz CT molecular complexity index is 843. The predicted octanol–water partition coefficient (Wildman–Crippen LogP) is 2.24. The van der Waals surface area contributed by atoms with E-state index in [0.717, 1.165) is 0 Å². The number of likely N-dealkylation sites (tertiary alicyclic amines) is 1. The maximum atomic E-state index is 12.9. The smallest absolute Gasteiger partial charge is 0.256 e. The lowest BCUT2D eigenvalue weighted by Crippen LogP contribution is -2.50. The second-order valence-electron chi connectivity index (χ2n) is 6.79. The molecule has 0 aromatic heterocycles. The second-order valence-corrected chi connectivity index (χ2v) is 9.86. The van der Waals surface area contributed by atoms with Crippen LogP contribution in [0.3, 0.4) is 0 Å². The number of benzene rings is 1. The van der Waals surface area contributed by atoms with Gasteiger partial charge in [0.05, 0.1) is 22.1 Å². The fraction of sp³-hybridized carbons (Fsp3) is 0.529. The summed E-state index contributed by atoms with van der Waals surface area (Å²) in [6.45, 7) is 0.453.